The highest BCUT2D eigenvalue weighted by atomic mass is 19.4. The third-order valence-electron chi connectivity index (χ3n) is 6.03. The highest BCUT2D eigenvalue weighted by Gasteiger charge is 2.38. The van der Waals surface area contributed by atoms with Crippen LogP contribution in [0.2, 0.25) is 0 Å². The quantitative estimate of drug-likeness (QED) is 0.722. The van der Waals surface area contributed by atoms with Gasteiger partial charge in [-0.3, -0.25) is 14.6 Å². The van der Waals surface area contributed by atoms with Gasteiger partial charge in [-0.05, 0) is 36.6 Å². The molecule has 9 heteroatoms. The number of piperidine rings is 1. The number of morpholine rings is 1. The second kappa shape index (κ2) is 9.28. The van der Waals surface area contributed by atoms with Crippen molar-refractivity contribution in [2.24, 2.45) is 5.92 Å². The second-order valence-corrected chi connectivity index (χ2v) is 8.04. The number of amides is 2. The predicted octanol–water partition coefficient (Wildman–Crippen LogP) is 3.55. The van der Waals surface area contributed by atoms with Crippen LogP contribution in [0.1, 0.15) is 40.4 Å². The van der Waals surface area contributed by atoms with Crippen LogP contribution in [0.4, 0.5) is 13.2 Å². The molecule has 32 heavy (non-hydrogen) atoms. The van der Waals surface area contributed by atoms with E-state index in [1.807, 2.05) is 0 Å². The van der Waals surface area contributed by atoms with Crippen molar-refractivity contribution in [1.82, 2.24) is 14.8 Å². The smallest absolute Gasteiger partial charge is 0.370 e. The van der Waals surface area contributed by atoms with E-state index in [-0.39, 0.29) is 36.4 Å². The first-order chi connectivity index (χ1) is 15.3. The van der Waals surface area contributed by atoms with Gasteiger partial charge >= 0.3 is 6.18 Å². The van der Waals surface area contributed by atoms with Crippen molar-refractivity contribution in [3.05, 3.63) is 65.5 Å². The minimum absolute atomic E-state index is 0.0504. The zero-order valence-corrected chi connectivity index (χ0v) is 17.4. The summed E-state index contributed by atoms with van der Waals surface area (Å²) in [6.45, 7) is 1.52. The van der Waals surface area contributed by atoms with Crippen molar-refractivity contribution in [2.75, 3.05) is 32.8 Å². The first-order valence-corrected chi connectivity index (χ1v) is 10.6. The molecule has 1 atom stereocenters. The number of hydrogen-bond acceptors (Lipinski definition) is 4. The van der Waals surface area contributed by atoms with Crippen molar-refractivity contribution in [3.63, 3.8) is 0 Å². The van der Waals surface area contributed by atoms with Crippen LogP contribution in [0.15, 0.2) is 48.8 Å². The summed E-state index contributed by atoms with van der Waals surface area (Å²) in [5, 5.41) is 0. The molecule has 1 aromatic heterocycles. The molecule has 2 aliphatic heterocycles. The Balaban J connectivity index is 1.38. The van der Waals surface area contributed by atoms with Gasteiger partial charge in [0.1, 0.15) is 6.10 Å². The lowest BCUT2D eigenvalue weighted by Gasteiger charge is -2.38. The molecule has 2 amide bonds. The fraction of sp³-hybridized carbons (Fsp3) is 0.435. The number of carbonyl (C=O) groups excluding carboxylic acids is 2. The average molecular weight is 447 g/mol. The van der Waals surface area contributed by atoms with E-state index in [1.54, 1.807) is 34.2 Å². The predicted molar refractivity (Wildman–Crippen MR) is 110 cm³/mol. The Labute approximate surface area is 184 Å². The zero-order chi connectivity index (χ0) is 22.7. The normalized spacial score (nSPS) is 20.3. The molecule has 170 valence electrons. The number of rotatable bonds is 3. The van der Waals surface area contributed by atoms with Gasteiger partial charge in [0.2, 0.25) is 5.91 Å². The highest BCUT2D eigenvalue weighted by Crippen LogP contribution is 2.37. The van der Waals surface area contributed by atoms with Crippen LogP contribution in [0.3, 0.4) is 0 Å². The Hall–Kier alpha value is -2.94. The molecule has 2 aromatic rings. The van der Waals surface area contributed by atoms with Crippen LogP contribution in [0.5, 0.6) is 0 Å². The van der Waals surface area contributed by atoms with E-state index in [2.05, 4.69) is 4.98 Å². The zero-order valence-electron chi connectivity index (χ0n) is 17.4. The van der Waals surface area contributed by atoms with E-state index in [0.29, 0.717) is 38.0 Å². The number of likely N-dealkylation sites (tertiary alicyclic amines) is 1. The van der Waals surface area contributed by atoms with Gasteiger partial charge in [0, 0.05) is 37.9 Å². The third kappa shape index (κ3) is 4.77. The lowest BCUT2D eigenvalue weighted by Crippen LogP contribution is -2.48. The average Bonchev–Trinajstić information content (AvgIpc) is 2.83. The van der Waals surface area contributed by atoms with Crippen LogP contribution in [0, 0.1) is 5.92 Å². The number of hydrogen-bond donors (Lipinski definition) is 0. The van der Waals surface area contributed by atoms with Gasteiger partial charge in [-0.1, -0.05) is 18.2 Å². The largest absolute Gasteiger partial charge is 0.416 e. The molecular weight excluding hydrogens is 423 g/mol. The first kappa shape index (κ1) is 22.3. The number of nitrogens with zero attached hydrogens (tertiary/aromatic N) is 3. The summed E-state index contributed by atoms with van der Waals surface area (Å²) in [7, 11) is 0. The van der Waals surface area contributed by atoms with Gasteiger partial charge in [-0.25, -0.2) is 0 Å². The summed E-state index contributed by atoms with van der Waals surface area (Å²) in [6.07, 6.45) is -1.15. The topological polar surface area (TPSA) is 62.7 Å². The fourth-order valence-corrected chi connectivity index (χ4v) is 4.33. The maximum Gasteiger partial charge on any atom is 0.416 e. The highest BCUT2D eigenvalue weighted by molar-refractivity contribution is 5.94. The Morgan fingerprint density at radius 1 is 1.00 bits per heavy atom. The van der Waals surface area contributed by atoms with Crippen LogP contribution >= 0.6 is 0 Å². The van der Waals surface area contributed by atoms with Gasteiger partial charge in [-0.15, -0.1) is 0 Å². The molecule has 0 N–H and O–H groups in total. The number of alkyl halides is 3. The monoisotopic (exact) mass is 447 g/mol. The molecule has 1 aromatic carbocycles. The first-order valence-electron chi connectivity index (χ1n) is 10.6. The summed E-state index contributed by atoms with van der Waals surface area (Å²) < 4.78 is 45.8. The molecule has 0 radical (unpaired) electrons. The SMILES string of the molecule is O=C(c1cccnc1)N1CCC(C(=O)N2CCOC(c3ccccc3C(F)(F)F)C2)CC1. The number of ether oxygens (including phenoxy) is 1. The van der Waals surface area contributed by atoms with Crippen molar-refractivity contribution < 1.29 is 27.5 Å². The molecule has 3 heterocycles. The van der Waals surface area contributed by atoms with Crippen LogP contribution in [-0.4, -0.2) is 59.4 Å². The third-order valence-corrected chi connectivity index (χ3v) is 6.03. The van der Waals surface area contributed by atoms with E-state index < -0.39 is 17.8 Å². The van der Waals surface area contributed by atoms with E-state index in [1.165, 1.54) is 18.3 Å². The van der Waals surface area contributed by atoms with Crippen molar-refractivity contribution >= 4 is 11.8 Å². The molecule has 6 nitrogen and oxygen atoms in total. The number of carbonyl (C=O) groups is 2. The van der Waals surface area contributed by atoms with E-state index >= 15 is 0 Å². The Morgan fingerprint density at radius 3 is 2.44 bits per heavy atom. The van der Waals surface area contributed by atoms with Crippen molar-refractivity contribution in [3.8, 4) is 0 Å². The maximum absolute atomic E-state index is 13.4. The van der Waals surface area contributed by atoms with Crippen LogP contribution < -0.4 is 0 Å². The molecule has 2 saturated heterocycles. The second-order valence-electron chi connectivity index (χ2n) is 8.04. The van der Waals surface area contributed by atoms with Crippen LogP contribution in [-0.2, 0) is 15.7 Å². The van der Waals surface area contributed by atoms with Crippen molar-refractivity contribution in [1.29, 1.82) is 0 Å². The Bertz CT molecular complexity index is 960. The van der Waals surface area contributed by atoms with Gasteiger partial charge in [0.25, 0.3) is 5.91 Å². The molecule has 1 unspecified atom stereocenters. The lowest BCUT2D eigenvalue weighted by atomic mass is 9.94. The summed E-state index contributed by atoms with van der Waals surface area (Å²) in [6, 6.07) is 8.75. The summed E-state index contributed by atoms with van der Waals surface area (Å²) >= 11 is 0. The molecule has 2 aliphatic rings. The van der Waals surface area contributed by atoms with Gasteiger partial charge in [0.05, 0.1) is 24.3 Å². The number of pyridine rings is 1. The Morgan fingerprint density at radius 2 is 1.75 bits per heavy atom. The number of benzene rings is 1. The minimum atomic E-state index is -4.49. The molecular formula is C23H24F3N3O3. The molecule has 0 bridgehead atoms. The van der Waals surface area contributed by atoms with Gasteiger partial charge in [-0.2, -0.15) is 13.2 Å². The fourth-order valence-electron chi connectivity index (χ4n) is 4.33. The maximum atomic E-state index is 13.4. The summed E-state index contributed by atoms with van der Waals surface area (Å²) in [5.41, 5.74) is -0.174. The number of aromatic nitrogens is 1. The number of halogens is 3. The Kier molecular flexibility index (Phi) is 6.45. The molecule has 0 saturated carbocycles. The van der Waals surface area contributed by atoms with E-state index in [0.717, 1.165) is 6.07 Å². The van der Waals surface area contributed by atoms with E-state index in [9.17, 15) is 22.8 Å². The van der Waals surface area contributed by atoms with Crippen molar-refractivity contribution in [2.45, 2.75) is 25.1 Å². The molecule has 4 rings (SSSR count). The minimum Gasteiger partial charge on any atom is -0.370 e. The molecule has 2 fully saturated rings. The molecule has 0 aliphatic carbocycles. The molecule has 0 spiro atoms. The van der Waals surface area contributed by atoms with E-state index in [4.69, 9.17) is 4.74 Å². The van der Waals surface area contributed by atoms with Crippen LogP contribution in [0.25, 0.3) is 0 Å². The lowest BCUT2D eigenvalue weighted by molar-refractivity contribution is -0.147. The standard InChI is InChI=1S/C23H24F3N3O3/c24-23(25,26)19-6-2-1-5-18(19)20-15-29(12-13-32-20)21(30)16-7-10-28(11-8-16)22(31)17-4-3-9-27-14-17/h1-6,9,14,16,20H,7-8,10-13,15H2. The summed E-state index contributed by atoms with van der Waals surface area (Å²) in [4.78, 5) is 32.9. The van der Waals surface area contributed by atoms with Gasteiger partial charge < -0.3 is 14.5 Å². The summed E-state index contributed by atoms with van der Waals surface area (Å²) in [5.74, 6) is -0.458. The van der Waals surface area contributed by atoms with Gasteiger partial charge in [0.15, 0.2) is 0 Å².